The lowest BCUT2D eigenvalue weighted by molar-refractivity contribution is 0.355. The van der Waals surface area contributed by atoms with Crippen molar-refractivity contribution in [3.8, 4) is 11.5 Å². The van der Waals surface area contributed by atoms with Crippen molar-refractivity contribution in [2.24, 2.45) is 0 Å². The van der Waals surface area contributed by atoms with Crippen LogP contribution in [0.25, 0.3) is 0 Å². The minimum Gasteiger partial charge on any atom is -0.493 e. The lowest BCUT2D eigenvalue weighted by Gasteiger charge is -2.15. The fraction of sp³-hybridized carbons (Fsp3) is 0.333. The molecule has 130 valence electrons. The molecule has 0 fully saturated rings. The van der Waals surface area contributed by atoms with E-state index in [0.717, 1.165) is 24.0 Å². The molecule has 0 atom stereocenters. The van der Waals surface area contributed by atoms with E-state index in [1.54, 1.807) is 31.4 Å². The van der Waals surface area contributed by atoms with Crippen molar-refractivity contribution in [3.05, 3.63) is 47.5 Å². The Bertz CT molecular complexity index is 799. The molecule has 0 radical (unpaired) electrons. The number of benzene rings is 2. The molecule has 0 saturated carbocycles. The zero-order valence-corrected chi connectivity index (χ0v) is 15.2. The lowest BCUT2D eigenvalue weighted by Crippen LogP contribution is -2.14. The van der Waals surface area contributed by atoms with Crippen molar-refractivity contribution in [1.82, 2.24) is 0 Å². The Kier molecular flexibility index (Phi) is 5.72. The number of nitrogens with one attached hydrogen (secondary N) is 1. The topological polar surface area (TPSA) is 64.6 Å². The second kappa shape index (κ2) is 7.57. The first-order valence-corrected chi connectivity index (χ1v) is 9.24. The Hall–Kier alpha value is -2.21. The first kappa shape index (κ1) is 18.1. The van der Waals surface area contributed by atoms with Gasteiger partial charge in [-0.1, -0.05) is 25.5 Å². The largest absolute Gasteiger partial charge is 0.493 e. The highest BCUT2D eigenvalue weighted by Gasteiger charge is 2.17. The molecule has 0 saturated heterocycles. The molecule has 2 aromatic carbocycles. The van der Waals surface area contributed by atoms with Gasteiger partial charge in [0.25, 0.3) is 10.0 Å². The monoisotopic (exact) mass is 349 g/mol. The van der Waals surface area contributed by atoms with Crippen molar-refractivity contribution < 1.29 is 17.9 Å². The van der Waals surface area contributed by atoms with Crippen LogP contribution in [0.5, 0.6) is 11.5 Å². The fourth-order valence-electron chi connectivity index (χ4n) is 2.42. The minimum absolute atomic E-state index is 0.233. The van der Waals surface area contributed by atoms with E-state index in [4.69, 9.17) is 9.47 Å². The molecular weight excluding hydrogens is 326 g/mol. The van der Waals surface area contributed by atoms with Gasteiger partial charge in [-0.05, 0) is 42.7 Å². The van der Waals surface area contributed by atoms with E-state index < -0.39 is 10.0 Å². The van der Waals surface area contributed by atoms with E-state index in [-0.39, 0.29) is 4.90 Å². The van der Waals surface area contributed by atoms with Crippen LogP contribution in [-0.4, -0.2) is 22.6 Å². The van der Waals surface area contributed by atoms with Crippen LogP contribution in [0.2, 0.25) is 0 Å². The third-order valence-electron chi connectivity index (χ3n) is 3.75. The maximum Gasteiger partial charge on any atom is 0.261 e. The van der Waals surface area contributed by atoms with Crippen LogP contribution in [0.3, 0.4) is 0 Å². The molecule has 0 bridgehead atoms. The molecule has 1 N–H and O–H groups in total. The molecule has 0 unspecified atom stereocenters. The average molecular weight is 349 g/mol. The Morgan fingerprint density at radius 1 is 1.00 bits per heavy atom. The summed E-state index contributed by atoms with van der Waals surface area (Å²) in [5.41, 5.74) is 2.34. The Morgan fingerprint density at radius 3 is 2.12 bits per heavy atom. The van der Waals surface area contributed by atoms with Crippen molar-refractivity contribution in [2.45, 2.75) is 31.6 Å². The average Bonchev–Trinajstić information content (AvgIpc) is 2.57. The number of methoxy groups -OCH3 is 2. The van der Waals surface area contributed by atoms with Gasteiger partial charge in [0.1, 0.15) is 0 Å². The molecule has 0 amide bonds. The maximum atomic E-state index is 12.6. The summed E-state index contributed by atoms with van der Waals surface area (Å²) in [6.07, 6.45) is 1.96. The van der Waals surface area contributed by atoms with E-state index in [1.165, 1.54) is 7.11 Å². The van der Waals surface area contributed by atoms with E-state index in [2.05, 4.69) is 11.6 Å². The van der Waals surface area contributed by atoms with E-state index in [1.807, 2.05) is 19.1 Å². The zero-order valence-electron chi connectivity index (χ0n) is 14.4. The summed E-state index contributed by atoms with van der Waals surface area (Å²) in [6.45, 7) is 3.90. The van der Waals surface area contributed by atoms with Gasteiger partial charge >= 0.3 is 0 Å². The molecule has 6 heteroatoms. The highest BCUT2D eigenvalue weighted by molar-refractivity contribution is 7.92. The van der Waals surface area contributed by atoms with Gasteiger partial charge in [-0.3, -0.25) is 4.72 Å². The quantitative estimate of drug-likeness (QED) is 0.826. The standard InChI is InChI=1S/C18H23NO4S/c1-5-6-14-7-9-15(10-8-14)24(20,21)19-16-12-18(23-4)17(22-3)11-13(16)2/h7-12,19H,5-6H2,1-4H3. The van der Waals surface area contributed by atoms with E-state index >= 15 is 0 Å². The molecule has 0 aliphatic rings. The summed E-state index contributed by atoms with van der Waals surface area (Å²) in [5, 5.41) is 0. The molecule has 0 aliphatic carbocycles. The van der Waals surface area contributed by atoms with E-state index in [9.17, 15) is 8.42 Å². The number of anilines is 1. The maximum absolute atomic E-state index is 12.6. The second-order valence-electron chi connectivity index (χ2n) is 5.52. The number of hydrogen-bond donors (Lipinski definition) is 1. The highest BCUT2D eigenvalue weighted by Crippen LogP contribution is 2.33. The molecular formula is C18H23NO4S. The second-order valence-corrected chi connectivity index (χ2v) is 7.20. The van der Waals surface area contributed by atoms with Crippen LogP contribution in [0.4, 0.5) is 5.69 Å². The Morgan fingerprint density at radius 2 is 1.58 bits per heavy atom. The van der Waals surface area contributed by atoms with Gasteiger partial charge in [-0.25, -0.2) is 8.42 Å². The van der Waals surface area contributed by atoms with Gasteiger partial charge in [-0.15, -0.1) is 0 Å². The summed E-state index contributed by atoms with van der Waals surface area (Å²) < 4.78 is 38.3. The Balaban J connectivity index is 2.31. The SMILES string of the molecule is CCCc1ccc(S(=O)(=O)Nc2cc(OC)c(OC)cc2C)cc1. The van der Waals surface area contributed by atoms with Crippen molar-refractivity contribution >= 4 is 15.7 Å². The summed E-state index contributed by atoms with van der Waals surface area (Å²) in [4.78, 5) is 0.233. The first-order chi connectivity index (χ1) is 11.4. The molecule has 0 spiro atoms. The molecule has 2 aromatic rings. The van der Waals surface area contributed by atoms with Gasteiger partial charge in [-0.2, -0.15) is 0 Å². The van der Waals surface area contributed by atoms with Gasteiger partial charge in [0.2, 0.25) is 0 Å². The molecule has 0 heterocycles. The lowest BCUT2D eigenvalue weighted by atomic mass is 10.1. The van der Waals surface area contributed by atoms with Crippen molar-refractivity contribution in [2.75, 3.05) is 18.9 Å². The highest BCUT2D eigenvalue weighted by atomic mass is 32.2. The van der Waals surface area contributed by atoms with Gasteiger partial charge < -0.3 is 9.47 Å². The Labute approximate surface area is 143 Å². The van der Waals surface area contributed by atoms with Crippen LogP contribution in [0.1, 0.15) is 24.5 Å². The van der Waals surface area contributed by atoms with Crippen LogP contribution in [0, 0.1) is 6.92 Å². The van der Waals surface area contributed by atoms with Crippen LogP contribution >= 0.6 is 0 Å². The molecule has 5 nitrogen and oxygen atoms in total. The summed E-state index contributed by atoms with van der Waals surface area (Å²) in [7, 11) is -0.606. The summed E-state index contributed by atoms with van der Waals surface area (Å²) in [6, 6.07) is 10.3. The zero-order chi connectivity index (χ0) is 17.7. The number of ether oxygens (including phenoxy) is 2. The predicted octanol–water partition coefficient (Wildman–Crippen LogP) is 3.77. The van der Waals surface area contributed by atoms with Crippen molar-refractivity contribution in [3.63, 3.8) is 0 Å². The van der Waals surface area contributed by atoms with Crippen molar-refractivity contribution in [1.29, 1.82) is 0 Å². The molecule has 2 rings (SSSR count). The smallest absolute Gasteiger partial charge is 0.261 e. The minimum atomic E-state index is -3.66. The van der Waals surface area contributed by atoms with E-state index in [0.29, 0.717) is 17.2 Å². The van der Waals surface area contributed by atoms with Gasteiger partial charge in [0.15, 0.2) is 11.5 Å². The normalized spacial score (nSPS) is 11.2. The van der Waals surface area contributed by atoms with Crippen LogP contribution < -0.4 is 14.2 Å². The number of sulfonamides is 1. The summed E-state index contributed by atoms with van der Waals surface area (Å²) in [5.74, 6) is 1.03. The fourth-order valence-corrected chi connectivity index (χ4v) is 3.54. The summed E-state index contributed by atoms with van der Waals surface area (Å²) >= 11 is 0. The third-order valence-corrected chi connectivity index (χ3v) is 5.13. The van der Waals surface area contributed by atoms with Crippen LogP contribution in [0.15, 0.2) is 41.3 Å². The molecule has 0 aromatic heterocycles. The number of rotatable bonds is 7. The van der Waals surface area contributed by atoms with Crippen LogP contribution in [-0.2, 0) is 16.4 Å². The first-order valence-electron chi connectivity index (χ1n) is 7.75. The van der Waals surface area contributed by atoms with Gasteiger partial charge in [0, 0.05) is 6.07 Å². The number of hydrogen-bond acceptors (Lipinski definition) is 4. The number of aryl methyl sites for hydroxylation is 2. The van der Waals surface area contributed by atoms with Gasteiger partial charge in [0.05, 0.1) is 24.8 Å². The molecule has 0 aliphatic heterocycles. The predicted molar refractivity (Wildman–Crippen MR) is 95.5 cm³/mol. The third kappa shape index (κ3) is 4.00. The molecule has 24 heavy (non-hydrogen) atoms.